The third-order valence-electron chi connectivity index (χ3n) is 1.19. The lowest BCUT2D eigenvalue weighted by Gasteiger charge is -1.89. The van der Waals surface area contributed by atoms with Crippen LogP contribution in [0.5, 0.6) is 0 Å². The smallest absolute Gasteiger partial charge is 0.131 e. The molecule has 1 heterocycles. The highest BCUT2D eigenvalue weighted by molar-refractivity contribution is 5.54. The van der Waals surface area contributed by atoms with E-state index in [-0.39, 0.29) is 6.42 Å². The highest BCUT2D eigenvalue weighted by atomic mass is 16.1. The minimum atomic E-state index is 0.242. The van der Waals surface area contributed by atoms with Crippen molar-refractivity contribution in [3.8, 4) is 11.8 Å². The van der Waals surface area contributed by atoms with Crippen LogP contribution in [-0.2, 0) is 4.79 Å². The van der Waals surface area contributed by atoms with Crippen molar-refractivity contribution in [2.45, 2.75) is 6.42 Å². The number of aldehydes is 1. The van der Waals surface area contributed by atoms with Gasteiger partial charge in [-0.05, 0) is 18.1 Å². The lowest BCUT2D eigenvalue weighted by molar-refractivity contribution is -0.107. The third-order valence-corrected chi connectivity index (χ3v) is 1.19. The zero-order valence-corrected chi connectivity index (χ0v) is 6.45. The van der Waals surface area contributed by atoms with Crippen LogP contribution in [0.4, 0.5) is 5.69 Å². The zero-order valence-electron chi connectivity index (χ0n) is 6.45. The van der Waals surface area contributed by atoms with Gasteiger partial charge in [0.2, 0.25) is 0 Å². The fourth-order valence-corrected chi connectivity index (χ4v) is 0.663. The Balaban J connectivity index is 2.72. The van der Waals surface area contributed by atoms with Crippen molar-refractivity contribution in [2.24, 2.45) is 0 Å². The van der Waals surface area contributed by atoms with E-state index in [1.807, 2.05) is 0 Å². The Morgan fingerprint density at radius 2 is 2.42 bits per heavy atom. The molecule has 0 fully saturated rings. The Labute approximate surface area is 70.6 Å². The summed E-state index contributed by atoms with van der Waals surface area (Å²) < 4.78 is 0. The molecule has 1 aromatic rings. The maximum absolute atomic E-state index is 9.91. The van der Waals surface area contributed by atoms with Gasteiger partial charge in [-0.2, -0.15) is 0 Å². The van der Waals surface area contributed by atoms with Gasteiger partial charge in [0, 0.05) is 0 Å². The molecule has 1 rings (SSSR count). The Morgan fingerprint density at radius 1 is 1.58 bits per heavy atom. The summed E-state index contributed by atoms with van der Waals surface area (Å²) >= 11 is 0. The van der Waals surface area contributed by atoms with E-state index in [0.717, 1.165) is 6.29 Å². The zero-order chi connectivity index (χ0) is 8.81. The average Bonchev–Trinajstić information content (AvgIpc) is 2.09. The standard InChI is InChI=1S/C9H8N2O/c10-8-4-5-9(11-7-8)3-1-2-6-12/h4-7H,2,10H2. The second-order valence-electron chi connectivity index (χ2n) is 2.15. The minimum absolute atomic E-state index is 0.242. The summed E-state index contributed by atoms with van der Waals surface area (Å²) in [7, 11) is 0. The van der Waals surface area contributed by atoms with Crippen LogP contribution in [0.3, 0.4) is 0 Å². The third kappa shape index (κ3) is 2.43. The summed E-state index contributed by atoms with van der Waals surface area (Å²) in [4.78, 5) is 13.8. The molecule has 3 heteroatoms. The topological polar surface area (TPSA) is 56.0 Å². The molecular weight excluding hydrogens is 152 g/mol. The fourth-order valence-electron chi connectivity index (χ4n) is 0.663. The van der Waals surface area contributed by atoms with Crippen LogP contribution in [0.15, 0.2) is 18.3 Å². The molecule has 0 bridgehead atoms. The van der Waals surface area contributed by atoms with Gasteiger partial charge in [0.05, 0.1) is 18.3 Å². The van der Waals surface area contributed by atoms with Crippen LogP contribution < -0.4 is 5.73 Å². The normalized spacial score (nSPS) is 8.33. The first kappa shape index (κ1) is 8.28. The van der Waals surface area contributed by atoms with E-state index in [2.05, 4.69) is 16.8 Å². The van der Waals surface area contributed by atoms with Crippen molar-refractivity contribution >= 4 is 12.0 Å². The summed E-state index contributed by atoms with van der Waals surface area (Å²) in [5, 5.41) is 0. The molecule has 60 valence electrons. The van der Waals surface area contributed by atoms with E-state index in [4.69, 9.17) is 5.73 Å². The molecule has 2 N–H and O–H groups in total. The summed E-state index contributed by atoms with van der Waals surface area (Å²) in [5.74, 6) is 5.37. The highest BCUT2D eigenvalue weighted by Crippen LogP contribution is 1.98. The van der Waals surface area contributed by atoms with Crippen molar-refractivity contribution < 1.29 is 4.79 Å². The highest BCUT2D eigenvalue weighted by Gasteiger charge is 1.86. The van der Waals surface area contributed by atoms with Gasteiger partial charge in [-0.25, -0.2) is 4.98 Å². The molecule has 0 saturated heterocycles. The van der Waals surface area contributed by atoms with E-state index in [9.17, 15) is 4.79 Å². The van der Waals surface area contributed by atoms with Crippen LogP contribution in [0.25, 0.3) is 0 Å². The summed E-state index contributed by atoms with van der Waals surface area (Å²) in [6.45, 7) is 0. The molecule has 1 aromatic heterocycles. The number of carbonyl (C=O) groups excluding carboxylic acids is 1. The Kier molecular flexibility index (Phi) is 2.86. The first-order chi connectivity index (χ1) is 5.83. The van der Waals surface area contributed by atoms with Crippen LogP contribution >= 0.6 is 0 Å². The Bertz CT molecular complexity index is 319. The lowest BCUT2D eigenvalue weighted by atomic mass is 10.3. The second-order valence-corrected chi connectivity index (χ2v) is 2.15. The van der Waals surface area contributed by atoms with Crippen LogP contribution in [-0.4, -0.2) is 11.3 Å². The van der Waals surface area contributed by atoms with Crippen molar-refractivity contribution in [1.29, 1.82) is 0 Å². The molecule has 12 heavy (non-hydrogen) atoms. The summed E-state index contributed by atoms with van der Waals surface area (Å²) in [5.41, 5.74) is 6.65. The summed E-state index contributed by atoms with van der Waals surface area (Å²) in [6.07, 6.45) is 2.53. The Morgan fingerprint density at radius 3 is 3.00 bits per heavy atom. The van der Waals surface area contributed by atoms with Gasteiger partial charge in [0.25, 0.3) is 0 Å². The maximum Gasteiger partial charge on any atom is 0.131 e. The molecule has 0 radical (unpaired) electrons. The van der Waals surface area contributed by atoms with E-state index in [0.29, 0.717) is 11.4 Å². The number of pyridine rings is 1. The molecule has 0 spiro atoms. The van der Waals surface area contributed by atoms with Crippen molar-refractivity contribution in [3.63, 3.8) is 0 Å². The number of hydrogen-bond donors (Lipinski definition) is 1. The van der Waals surface area contributed by atoms with Gasteiger partial charge in [-0.1, -0.05) is 5.92 Å². The van der Waals surface area contributed by atoms with Gasteiger partial charge < -0.3 is 10.5 Å². The Hall–Kier alpha value is -1.82. The predicted octanol–water partition coefficient (Wildman–Crippen LogP) is 0.604. The number of carbonyl (C=O) groups is 1. The second kappa shape index (κ2) is 4.14. The molecule has 0 saturated carbocycles. The summed E-state index contributed by atoms with van der Waals surface area (Å²) in [6, 6.07) is 3.44. The van der Waals surface area contributed by atoms with E-state index in [1.54, 1.807) is 12.1 Å². The average molecular weight is 160 g/mol. The van der Waals surface area contributed by atoms with Crippen LogP contribution in [0, 0.1) is 11.8 Å². The number of aromatic nitrogens is 1. The molecule has 0 amide bonds. The van der Waals surface area contributed by atoms with Crippen molar-refractivity contribution in [3.05, 3.63) is 24.0 Å². The molecule has 0 aliphatic heterocycles. The van der Waals surface area contributed by atoms with E-state index >= 15 is 0 Å². The number of hydrogen-bond acceptors (Lipinski definition) is 3. The minimum Gasteiger partial charge on any atom is -0.397 e. The molecule has 0 aromatic carbocycles. The van der Waals surface area contributed by atoms with E-state index < -0.39 is 0 Å². The van der Waals surface area contributed by atoms with Crippen LogP contribution in [0.1, 0.15) is 12.1 Å². The SMILES string of the molecule is Nc1ccc(C#CCC=O)nc1. The van der Waals surface area contributed by atoms with Gasteiger partial charge >= 0.3 is 0 Å². The predicted molar refractivity (Wildman–Crippen MR) is 46.2 cm³/mol. The molecule has 3 nitrogen and oxygen atoms in total. The van der Waals surface area contributed by atoms with E-state index in [1.165, 1.54) is 6.20 Å². The molecule has 0 aliphatic rings. The number of rotatable bonds is 1. The largest absolute Gasteiger partial charge is 0.397 e. The lowest BCUT2D eigenvalue weighted by Crippen LogP contribution is -1.87. The molecule has 0 unspecified atom stereocenters. The number of nitrogens with two attached hydrogens (primary N) is 1. The first-order valence-corrected chi connectivity index (χ1v) is 3.47. The van der Waals surface area contributed by atoms with Crippen molar-refractivity contribution in [1.82, 2.24) is 4.98 Å². The molecule has 0 aliphatic carbocycles. The fraction of sp³-hybridized carbons (Fsp3) is 0.111. The maximum atomic E-state index is 9.91. The quantitative estimate of drug-likeness (QED) is 0.483. The van der Waals surface area contributed by atoms with Crippen molar-refractivity contribution in [2.75, 3.05) is 5.73 Å². The molecular formula is C9H8N2O. The number of anilines is 1. The monoisotopic (exact) mass is 160 g/mol. The first-order valence-electron chi connectivity index (χ1n) is 3.47. The van der Waals surface area contributed by atoms with Crippen LogP contribution in [0.2, 0.25) is 0 Å². The van der Waals surface area contributed by atoms with Gasteiger partial charge in [0.15, 0.2) is 0 Å². The van der Waals surface area contributed by atoms with Gasteiger partial charge in [0.1, 0.15) is 12.0 Å². The number of nitrogens with zero attached hydrogens (tertiary/aromatic N) is 1. The molecule has 0 atom stereocenters. The number of nitrogen functional groups attached to an aromatic ring is 1. The van der Waals surface area contributed by atoms with Gasteiger partial charge in [-0.3, -0.25) is 0 Å². The van der Waals surface area contributed by atoms with Gasteiger partial charge in [-0.15, -0.1) is 0 Å².